The van der Waals surface area contributed by atoms with Crippen LogP contribution in [0.3, 0.4) is 0 Å². The van der Waals surface area contributed by atoms with E-state index < -0.39 is 17.9 Å². The molecule has 1 unspecified atom stereocenters. The van der Waals surface area contributed by atoms with Crippen molar-refractivity contribution in [3.05, 3.63) is 65.9 Å². The lowest BCUT2D eigenvalue weighted by Gasteiger charge is -2.14. The lowest BCUT2D eigenvalue weighted by Crippen LogP contribution is -2.41. The zero-order chi connectivity index (χ0) is 19.9. The molecule has 3 aromatic rings. The zero-order valence-corrected chi connectivity index (χ0v) is 15.7. The minimum absolute atomic E-state index is 0.108. The number of ether oxygens (including phenoxy) is 2. The topological polar surface area (TPSA) is 89.8 Å². The second kappa shape index (κ2) is 9.05. The molecule has 0 aliphatic rings. The molecule has 0 aliphatic heterocycles. The number of para-hydroxylation sites is 2. The number of hydrogen-bond donors (Lipinski definition) is 2. The summed E-state index contributed by atoms with van der Waals surface area (Å²) in [6.45, 7) is 0.296. The summed E-state index contributed by atoms with van der Waals surface area (Å²) in [4.78, 5) is 24.2. The van der Waals surface area contributed by atoms with E-state index in [1.807, 2.05) is 48.5 Å². The normalized spacial score (nSPS) is 11.8. The third kappa shape index (κ3) is 4.50. The summed E-state index contributed by atoms with van der Waals surface area (Å²) in [7, 11) is 3.07. The van der Waals surface area contributed by atoms with Crippen LogP contribution in [-0.2, 0) is 20.9 Å². The van der Waals surface area contributed by atoms with Crippen molar-refractivity contribution in [3.63, 3.8) is 0 Å². The van der Waals surface area contributed by atoms with Gasteiger partial charge in [0.25, 0.3) is 0 Å². The lowest BCUT2D eigenvalue weighted by molar-refractivity contribution is -0.139. The summed E-state index contributed by atoms with van der Waals surface area (Å²) in [6, 6.07) is 16.7. The highest BCUT2D eigenvalue weighted by Crippen LogP contribution is 2.25. The molecule has 0 fully saturated rings. The number of methoxy groups -OCH3 is 2. The van der Waals surface area contributed by atoms with Crippen molar-refractivity contribution in [3.8, 4) is 5.75 Å². The summed E-state index contributed by atoms with van der Waals surface area (Å²) in [6.07, 6.45) is -0.502. The first kappa shape index (κ1) is 19.4. The van der Waals surface area contributed by atoms with Crippen molar-refractivity contribution in [2.24, 2.45) is 0 Å². The number of rotatable bonds is 7. The van der Waals surface area contributed by atoms with Crippen LogP contribution in [0.15, 0.2) is 59.0 Å². The maximum atomic E-state index is 12.1. The third-order valence-electron chi connectivity index (χ3n) is 4.33. The first-order chi connectivity index (χ1) is 13.6. The lowest BCUT2D eigenvalue weighted by atomic mass is 10.2. The smallest absolute Gasteiger partial charge is 0.309 e. The van der Waals surface area contributed by atoms with Crippen molar-refractivity contribution in [1.82, 2.24) is 10.6 Å². The number of carbonyl (C=O) groups is 2. The van der Waals surface area contributed by atoms with Gasteiger partial charge in [-0.15, -0.1) is 0 Å². The van der Waals surface area contributed by atoms with Gasteiger partial charge in [0.1, 0.15) is 23.2 Å². The Balaban J connectivity index is 1.55. The number of furan rings is 1. The SMILES string of the molecule is COc1ccccc1CNC(=O)C(=O)NCC(OC)c1cc2ccccc2o1. The molecule has 0 radical (unpaired) electrons. The van der Waals surface area contributed by atoms with Gasteiger partial charge in [0.2, 0.25) is 0 Å². The Morgan fingerprint density at radius 2 is 1.71 bits per heavy atom. The fourth-order valence-corrected chi connectivity index (χ4v) is 2.83. The molecule has 0 bridgehead atoms. The van der Waals surface area contributed by atoms with Crippen LogP contribution in [0.4, 0.5) is 0 Å². The van der Waals surface area contributed by atoms with E-state index in [1.54, 1.807) is 13.2 Å². The molecule has 3 rings (SSSR count). The summed E-state index contributed by atoms with van der Waals surface area (Å²) < 4.78 is 16.4. The fraction of sp³-hybridized carbons (Fsp3) is 0.238. The number of carbonyl (C=O) groups excluding carboxylic acids is 2. The van der Waals surface area contributed by atoms with E-state index in [-0.39, 0.29) is 13.1 Å². The van der Waals surface area contributed by atoms with Crippen LogP contribution in [0.5, 0.6) is 5.75 Å². The Labute approximate surface area is 162 Å². The number of nitrogens with one attached hydrogen (secondary N) is 2. The van der Waals surface area contributed by atoms with E-state index in [1.165, 1.54) is 7.11 Å². The Hall–Kier alpha value is -3.32. The van der Waals surface area contributed by atoms with Gasteiger partial charge in [0, 0.05) is 24.6 Å². The molecule has 1 aromatic heterocycles. The van der Waals surface area contributed by atoms with E-state index in [4.69, 9.17) is 13.9 Å². The Morgan fingerprint density at radius 3 is 2.46 bits per heavy atom. The van der Waals surface area contributed by atoms with Gasteiger partial charge in [0.15, 0.2) is 0 Å². The van der Waals surface area contributed by atoms with E-state index in [0.717, 1.165) is 16.5 Å². The quantitative estimate of drug-likeness (QED) is 0.613. The van der Waals surface area contributed by atoms with Gasteiger partial charge in [-0.1, -0.05) is 36.4 Å². The van der Waals surface area contributed by atoms with Crippen molar-refractivity contribution in [2.45, 2.75) is 12.6 Å². The molecule has 146 valence electrons. The summed E-state index contributed by atoms with van der Waals surface area (Å²) in [5, 5.41) is 6.10. The molecule has 0 spiro atoms. The molecular formula is C21H22N2O5. The predicted octanol–water partition coefficient (Wildman–Crippen LogP) is 2.56. The molecule has 1 atom stereocenters. The molecule has 7 heteroatoms. The van der Waals surface area contributed by atoms with Gasteiger partial charge in [0.05, 0.1) is 13.7 Å². The van der Waals surface area contributed by atoms with Gasteiger partial charge in [-0.05, 0) is 18.2 Å². The van der Waals surface area contributed by atoms with E-state index in [2.05, 4.69) is 10.6 Å². The first-order valence-corrected chi connectivity index (χ1v) is 8.81. The highest BCUT2D eigenvalue weighted by Gasteiger charge is 2.20. The molecule has 7 nitrogen and oxygen atoms in total. The maximum Gasteiger partial charge on any atom is 0.309 e. The average Bonchev–Trinajstić information content (AvgIpc) is 3.16. The van der Waals surface area contributed by atoms with Crippen molar-refractivity contribution >= 4 is 22.8 Å². The minimum Gasteiger partial charge on any atom is -0.496 e. The van der Waals surface area contributed by atoms with Gasteiger partial charge in [-0.3, -0.25) is 9.59 Å². The molecule has 0 saturated carbocycles. The molecule has 2 amide bonds. The van der Waals surface area contributed by atoms with Crippen LogP contribution in [0.1, 0.15) is 17.4 Å². The Morgan fingerprint density at radius 1 is 1.00 bits per heavy atom. The minimum atomic E-state index is -0.743. The molecule has 28 heavy (non-hydrogen) atoms. The van der Waals surface area contributed by atoms with Gasteiger partial charge < -0.3 is 24.5 Å². The van der Waals surface area contributed by atoms with Crippen molar-refractivity contribution in [2.75, 3.05) is 20.8 Å². The van der Waals surface area contributed by atoms with E-state index in [0.29, 0.717) is 11.5 Å². The molecule has 1 heterocycles. The third-order valence-corrected chi connectivity index (χ3v) is 4.33. The molecule has 0 aliphatic carbocycles. The molecule has 2 aromatic carbocycles. The second-order valence-corrected chi connectivity index (χ2v) is 6.12. The zero-order valence-electron chi connectivity index (χ0n) is 15.7. The van der Waals surface area contributed by atoms with Crippen LogP contribution in [0, 0.1) is 0 Å². The van der Waals surface area contributed by atoms with E-state index in [9.17, 15) is 9.59 Å². The molecule has 0 saturated heterocycles. The highest BCUT2D eigenvalue weighted by molar-refractivity contribution is 6.35. The molecular weight excluding hydrogens is 360 g/mol. The number of hydrogen-bond acceptors (Lipinski definition) is 5. The van der Waals surface area contributed by atoms with Crippen LogP contribution >= 0.6 is 0 Å². The molecule has 2 N–H and O–H groups in total. The van der Waals surface area contributed by atoms with E-state index >= 15 is 0 Å². The summed E-state index contributed by atoms with van der Waals surface area (Å²) >= 11 is 0. The standard InChI is InChI=1S/C21H22N2O5/c1-26-16-9-5-4-8-15(16)12-22-20(24)21(25)23-13-19(27-2)18-11-14-7-3-6-10-17(14)28-18/h3-11,19H,12-13H2,1-2H3,(H,22,24)(H,23,25). The maximum absolute atomic E-state index is 12.1. The van der Waals surface area contributed by atoms with Crippen LogP contribution in [0.2, 0.25) is 0 Å². The first-order valence-electron chi connectivity index (χ1n) is 8.81. The predicted molar refractivity (Wildman–Crippen MR) is 104 cm³/mol. The van der Waals surface area contributed by atoms with Gasteiger partial charge in [-0.2, -0.15) is 0 Å². The Kier molecular flexibility index (Phi) is 6.29. The largest absolute Gasteiger partial charge is 0.496 e. The van der Waals surface area contributed by atoms with Crippen molar-refractivity contribution < 1.29 is 23.5 Å². The monoisotopic (exact) mass is 382 g/mol. The van der Waals surface area contributed by atoms with Gasteiger partial charge in [-0.25, -0.2) is 0 Å². The van der Waals surface area contributed by atoms with Gasteiger partial charge >= 0.3 is 11.8 Å². The van der Waals surface area contributed by atoms with Crippen LogP contribution < -0.4 is 15.4 Å². The average molecular weight is 382 g/mol. The van der Waals surface area contributed by atoms with Crippen molar-refractivity contribution in [1.29, 1.82) is 0 Å². The highest BCUT2D eigenvalue weighted by atomic mass is 16.5. The van der Waals surface area contributed by atoms with Crippen LogP contribution in [0.25, 0.3) is 11.0 Å². The number of amides is 2. The van der Waals surface area contributed by atoms with Crippen LogP contribution in [-0.4, -0.2) is 32.6 Å². The number of fused-ring (bicyclic) bond motifs is 1. The Bertz CT molecular complexity index is 933. The second-order valence-electron chi connectivity index (χ2n) is 6.12. The summed E-state index contributed by atoms with van der Waals surface area (Å²) in [5.41, 5.74) is 1.52. The number of benzene rings is 2. The fourth-order valence-electron chi connectivity index (χ4n) is 2.83. The summed E-state index contributed by atoms with van der Waals surface area (Å²) in [5.74, 6) is -0.246.